The molecule has 1 aliphatic carbocycles. The van der Waals surface area contributed by atoms with Gasteiger partial charge in [0.2, 0.25) is 5.43 Å². The van der Waals surface area contributed by atoms with Crippen molar-refractivity contribution >= 4 is 35.0 Å². The van der Waals surface area contributed by atoms with Gasteiger partial charge in [-0.05, 0) is 25.3 Å². The highest BCUT2D eigenvalue weighted by atomic mass is 35.5. The van der Waals surface area contributed by atoms with E-state index in [2.05, 4.69) is 0 Å². The third-order valence-electron chi connectivity index (χ3n) is 5.60. The molecule has 2 aromatic rings. The number of carboxylic acid groups (broad SMARTS) is 1. The van der Waals surface area contributed by atoms with Gasteiger partial charge in [-0.25, -0.2) is 9.18 Å². The molecule has 1 atom stereocenters. The molecule has 8 nitrogen and oxygen atoms in total. The number of carboxylic acids is 1. The lowest BCUT2D eigenvalue weighted by atomic mass is 10.0. The molecule has 1 aromatic carbocycles. The molecule has 1 saturated heterocycles. The lowest BCUT2D eigenvalue weighted by molar-refractivity contribution is 0.0693. The summed E-state index contributed by atoms with van der Waals surface area (Å²) in [6.45, 7) is 0.576. The van der Waals surface area contributed by atoms with E-state index in [4.69, 9.17) is 10.5 Å². The van der Waals surface area contributed by atoms with Gasteiger partial charge in [-0.1, -0.05) is 0 Å². The van der Waals surface area contributed by atoms with Crippen LogP contribution in [0.1, 0.15) is 35.7 Å². The fraction of sp³-hybridized carbons (Fsp3) is 0.474. The molecule has 2 fully saturated rings. The Balaban J connectivity index is 0.00000240. The summed E-state index contributed by atoms with van der Waals surface area (Å²) < 4.78 is 22.3. The van der Waals surface area contributed by atoms with Crippen molar-refractivity contribution in [3.8, 4) is 5.75 Å². The normalized spacial score (nSPS) is 21.3. The van der Waals surface area contributed by atoms with Crippen LogP contribution in [0.25, 0.3) is 10.9 Å². The van der Waals surface area contributed by atoms with Gasteiger partial charge in [-0.2, -0.15) is 0 Å². The third kappa shape index (κ3) is 3.43. The highest BCUT2D eigenvalue weighted by Crippen LogP contribution is 2.44. The number of nitrogens with two attached hydrogens (primary N) is 1. The number of aromatic carboxylic acids is 1. The maximum Gasteiger partial charge on any atom is 0.341 e. The molecule has 4 N–H and O–H groups in total. The van der Waals surface area contributed by atoms with E-state index in [1.807, 2.05) is 0 Å². The number of ether oxygens (including phenoxy) is 1. The lowest BCUT2D eigenvalue weighted by Crippen LogP contribution is -2.40. The molecule has 158 valence electrons. The summed E-state index contributed by atoms with van der Waals surface area (Å²) in [5, 5.41) is 19.8. The Bertz CT molecular complexity index is 1040. The zero-order valence-corrected chi connectivity index (χ0v) is 16.7. The number of nitrogens with zero attached hydrogens (tertiary/aromatic N) is 2. The van der Waals surface area contributed by atoms with Crippen molar-refractivity contribution in [1.29, 1.82) is 0 Å². The second-order valence-corrected chi connectivity index (χ2v) is 7.55. The van der Waals surface area contributed by atoms with E-state index in [9.17, 15) is 19.8 Å². The van der Waals surface area contributed by atoms with Crippen molar-refractivity contribution < 1.29 is 24.1 Å². The van der Waals surface area contributed by atoms with Gasteiger partial charge in [0.05, 0.1) is 23.6 Å². The van der Waals surface area contributed by atoms with Crippen LogP contribution in [0.5, 0.6) is 5.75 Å². The fourth-order valence-corrected chi connectivity index (χ4v) is 3.94. The number of anilines is 1. The highest BCUT2D eigenvalue weighted by Gasteiger charge is 2.38. The van der Waals surface area contributed by atoms with Gasteiger partial charge in [-0.3, -0.25) is 4.79 Å². The van der Waals surface area contributed by atoms with E-state index in [0.717, 1.165) is 18.9 Å². The highest BCUT2D eigenvalue weighted by molar-refractivity contribution is 5.97. The minimum absolute atomic E-state index is 0. The second kappa shape index (κ2) is 7.47. The quantitative estimate of drug-likeness (QED) is 0.661. The van der Waals surface area contributed by atoms with Gasteiger partial charge in [0.25, 0.3) is 0 Å². The molecule has 1 unspecified atom stereocenters. The molecular formula is C19H23ClFN3O5. The van der Waals surface area contributed by atoms with Crippen molar-refractivity contribution in [2.75, 3.05) is 31.6 Å². The number of benzene rings is 1. The largest absolute Gasteiger partial charge is 0.492 e. The third-order valence-corrected chi connectivity index (χ3v) is 5.60. The fourth-order valence-electron chi connectivity index (χ4n) is 3.94. The topological polar surface area (TPSA) is 118 Å². The predicted octanol–water partition coefficient (Wildman–Crippen LogP) is 1.50. The van der Waals surface area contributed by atoms with E-state index in [0.29, 0.717) is 18.5 Å². The Kier molecular flexibility index (Phi) is 5.50. The monoisotopic (exact) mass is 427 g/mol. The van der Waals surface area contributed by atoms with Crippen LogP contribution in [0.15, 0.2) is 17.1 Å². The molecule has 0 amide bonds. The first-order valence-electron chi connectivity index (χ1n) is 9.15. The molecule has 0 spiro atoms. The van der Waals surface area contributed by atoms with Gasteiger partial charge in [0, 0.05) is 31.9 Å². The Hall–Kier alpha value is -2.36. The molecule has 1 aliphatic heterocycles. The van der Waals surface area contributed by atoms with Crippen LogP contribution in [-0.2, 0) is 0 Å². The van der Waals surface area contributed by atoms with Gasteiger partial charge in [0.15, 0.2) is 11.6 Å². The molecule has 0 bridgehead atoms. The van der Waals surface area contributed by atoms with Crippen LogP contribution >= 0.6 is 12.4 Å². The maximum atomic E-state index is 15.1. The van der Waals surface area contributed by atoms with Crippen LogP contribution < -0.4 is 20.8 Å². The SMILES string of the molecule is COc1c(N2CCC(O)(CN)C2)c(F)cc2c(=O)c(C(=O)O)cn(C3CC3)c12.Cl. The maximum absolute atomic E-state index is 15.1. The average molecular weight is 428 g/mol. The van der Waals surface area contributed by atoms with Crippen LogP contribution in [0.2, 0.25) is 0 Å². The summed E-state index contributed by atoms with van der Waals surface area (Å²) in [5.74, 6) is -1.89. The van der Waals surface area contributed by atoms with Crippen molar-refractivity contribution in [1.82, 2.24) is 4.57 Å². The van der Waals surface area contributed by atoms with Gasteiger partial charge >= 0.3 is 5.97 Å². The Morgan fingerprint density at radius 1 is 1.45 bits per heavy atom. The van der Waals surface area contributed by atoms with Crippen LogP contribution in [0, 0.1) is 5.82 Å². The number of aromatic nitrogens is 1. The Labute approximate surface area is 172 Å². The van der Waals surface area contributed by atoms with E-state index in [1.165, 1.54) is 13.3 Å². The molecule has 2 aliphatic rings. The second-order valence-electron chi connectivity index (χ2n) is 7.55. The smallest absolute Gasteiger partial charge is 0.341 e. The minimum atomic E-state index is -1.35. The lowest BCUT2D eigenvalue weighted by Gasteiger charge is -2.26. The van der Waals surface area contributed by atoms with Crippen LogP contribution in [0.3, 0.4) is 0 Å². The minimum Gasteiger partial charge on any atom is -0.492 e. The Morgan fingerprint density at radius 2 is 2.14 bits per heavy atom. The zero-order valence-electron chi connectivity index (χ0n) is 15.9. The van der Waals surface area contributed by atoms with Crippen molar-refractivity contribution in [2.45, 2.75) is 30.9 Å². The molecule has 1 aromatic heterocycles. The number of hydrogen-bond acceptors (Lipinski definition) is 6. The zero-order chi connectivity index (χ0) is 20.2. The number of aliphatic hydroxyl groups is 1. The van der Waals surface area contributed by atoms with E-state index in [1.54, 1.807) is 9.47 Å². The first kappa shape index (κ1) is 21.4. The number of rotatable bonds is 5. The number of fused-ring (bicyclic) bond motifs is 1. The summed E-state index contributed by atoms with van der Waals surface area (Å²) in [6.07, 6.45) is 3.37. The first-order chi connectivity index (χ1) is 13.3. The molecular weight excluding hydrogens is 405 g/mol. The standard InChI is InChI=1S/C19H22FN3O5.ClH/c1-28-17-14-11(16(24)12(18(25)26)7-23(14)10-2-3-10)6-13(20)15(17)22-5-4-19(27,8-21)9-22;/h6-7,10,27H,2-5,8-9,21H2,1H3,(H,25,26);1H. The molecule has 1 saturated carbocycles. The van der Waals surface area contributed by atoms with E-state index >= 15 is 4.39 Å². The molecule has 2 heterocycles. The predicted molar refractivity (Wildman–Crippen MR) is 108 cm³/mol. The summed E-state index contributed by atoms with van der Waals surface area (Å²) in [7, 11) is 1.38. The number of methoxy groups -OCH3 is 1. The molecule has 29 heavy (non-hydrogen) atoms. The number of hydrogen-bond donors (Lipinski definition) is 3. The van der Waals surface area contributed by atoms with E-state index in [-0.39, 0.29) is 48.4 Å². The number of carbonyl (C=O) groups is 1. The van der Waals surface area contributed by atoms with Gasteiger partial charge in [0.1, 0.15) is 11.3 Å². The summed E-state index contributed by atoms with van der Waals surface area (Å²) >= 11 is 0. The van der Waals surface area contributed by atoms with Crippen LogP contribution in [0.4, 0.5) is 10.1 Å². The summed E-state index contributed by atoms with van der Waals surface area (Å²) in [6, 6.07) is 1.11. The van der Waals surface area contributed by atoms with E-state index < -0.39 is 28.4 Å². The van der Waals surface area contributed by atoms with Gasteiger partial charge in [-0.15, -0.1) is 12.4 Å². The van der Waals surface area contributed by atoms with Crippen molar-refractivity contribution in [3.63, 3.8) is 0 Å². The average Bonchev–Trinajstić information content (AvgIpc) is 3.43. The van der Waals surface area contributed by atoms with Crippen molar-refractivity contribution in [3.05, 3.63) is 33.9 Å². The van der Waals surface area contributed by atoms with Crippen molar-refractivity contribution in [2.24, 2.45) is 5.73 Å². The summed E-state index contributed by atoms with van der Waals surface area (Å²) in [5.41, 5.74) is 3.91. The van der Waals surface area contributed by atoms with Crippen LogP contribution in [-0.4, -0.2) is 53.1 Å². The molecule has 4 rings (SSSR count). The number of β-amino-alcohol motifs (C(OH)–C–C–N with tert-alkyl or cyclic N) is 1. The Morgan fingerprint density at radius 3 is 2.66 bits per heavy atom. The summed E-state index contributed by atoms with van der Waals surface area (Å²) in [4.78, 5) is 25.8. The van der Waals surface area contributed by atoms with Gasteiger partial charge < -0.3 is 30.2 Å². The first-order valence-corrected chi connectivity index (χ1v) is 9.15. The molecule has 10 heteroatoms. The number of pyridine rings is 1. The molecule has 0 radical (unpaired) electrons. The number of halogens is 2.